The Bertz CT molecular complexity index is 2100. The fourth-order valence-corrected chi connectivity index (χ4v) is 7.92. The van der Waals surface area contributed by atoms with Gasteiger partial charge in [0.15, 0.2) is 0 Å². The van der Waals surface area contributed by atoms with Crippen LogP contribution in [0.4, 0.5) is 5.69 Å². The van der Waals surface area contributed by atoms with Crippen LogP contribution < -0.4 is 21.5 Å². The normalized spacial score (nSPS) is 23.5. The van der Waals surface area contributed by atoms with Gasteiger partial charge in [-0.1, -0.05) is 59.6 Å². The van der Waals surface area contributed by atoms with Crippen molar-refractivity contribution >= 4 is 40.7 Å². The van der Waals surface area contributed by atoms with Crippen molar-refractivity contribution in [1.82, 2.24) is 18.9 Å². The van der Waals surface area contributed by atoms with Gasteiger partial charge < -0.3 is 9.84 Å². The third kappa shape index (κ3) is 4.04. The van der Waals surface area contributed by atoms with E-state index < -0.39 is 46.5 Å². The highest BCUT2D eigenvalue weighted by Crippen LogP contribution is 2.63. The summed E-state index contributed by atoms with van der Waals surface area (Å²) in [5, 5.41) is 13.1. The minimum absolute atomic E-state index is 0.0292. The number of hydrogen-bond donors (Lipinski definition) is 2. The van der Waals surface area contributed by atoms with Gasteiger partial charge >= 0.3 is 11.4 Å². The monoisotopic (exact) mass is 661 g/mol. The van der Waals surface area contributed by atoms with Gasteiger partial charge in [0.25, 0.3) is 11.8 Å². The van der Waals surface area contributed by atoms with Crippen LogP contribution in [0, 0.1) is 12.8 Å². The van der Waals surface area contributed by atoms with Crippen molar-refractivity contribution < 1.29 is 19.4 Å². The molecule has 3 aromatic carbocycles. The van der Waals surface area contributed by atoms with Crippen molar-refractivity contribution in [3.63, 3.8) is 0 Å². The van der Waals surface area contributed by atoms with Gasteiger partial charge in [0, 0.05) is 23.6 Å². The molecule has 0 bridgehead atoms. The Morgan fingerprint density at radius 3 is 2.43 bits per heavy atom. The quantitative estimate of drug-likeness (QED) is 0.241. The summed E-state index contributed by atoms with van der Waals surface area (Å²) >= 11 is 12.6. The number of halogens is 2. The van der Waals surface area contributed by atoms with E-state index in [1.165, 1.54) is 29.6 Å². The number of nitrogens with zero attached hydrogens (tertiary/aromatic N) is 4. The molecule has 1 saturated carbocycles. The van der Waals surface area contributed by atoms with Crippen LogP contribution in [0.15, 0.2) is 81.9 Å². The maximum atomic E-state index is 15.1. The highest BCUT2D eigenvalue weighted by atomic mass is 35.5. The second-order valence-electron chi connectivity index (χ2n) is 11.8. The fourth-order valence-electron chi connectivity index (χ4n) is 7.47. The summed E-state index contributed by atoms with van der Waals surface area (Å²) in [6.07, 6.45) is 1.87. The number of methoxy groups -OCH3 is 1. The molecule has 1 aromatic heterocycles. The molecule has 3 heterocycles. The summed E-state index contributed by atoms with van der Waals surface area (Å²) in [6, 6.07) is 16.1. The molecular weight excluding hydrogens is 633 g/mol. The van der Waals surface area contributed by atoms with Gasteiger partial charge in [-0.25, -0.2) is 23.5 Å². The number of fused-ring (bicyclic) bond motifs is 4. The molecule has 236 valence electrons. The van der Waals surface area contributed by atoms with Gasteiger partial charge in [0.2, 0.25) is 0 Å². The van der Waals surface area contributed by atoms with E-state index in [0.29, 0.717) is 33.0 Å². The number of anilines is 1. The molecule has 2 fully saturated rings. The van der Waals surface area contributed by atoms with Gasteiger partial charge in [0.05, 0.1) is 41.7 Å². The molecule has 13 heteroatoms. The predicted octanol–water partition coefficient (Wildman–Crippen LogP) is 4.30. The van der Waals surface area contributed by atoms with Crippen LogP contribution in [0.25, 0.3) is 0 Å². The van der Waals surface area contributed by atoms with Gasteiger partial charge in [0.1, 0.15) is 11.5 Å². The Morgan fingerprint density at radius 1 is 1.00 bits per heavy atom. The van der Waals surface area contributed by atoms with Crippen LogP contribution in [0.3, 0.4) is 0 Å². The number of rotatable bonds is 5. The third-order valence-corrected chi connectivity index (χ3v) is 10.2. The first-order valence-electron chi connectivity index (χ1n) is 14.6. The Morgan fingerprint density at radius 2 is 1.74 bits per heavy atom. The first-order valence-corrected chi connectivity index (χ1v) is 15.4. The van der Waals surface area contributed by atoms with Crippen LogP contribution in [0.5, 0.6) is 11.5 Å². The average molecular weight is 663 g/mol. The zero-order chi connectivity index (χ0) is 32.7. The number of hydrazine groups is 1. The molecule has 0 unspecified atom stereocenters. The number of imide groups is 1. The molecule has 1 aliphatic carbocycles. The summed E-state index contributed by atoms with van der Waals surface area (Å²) in [5.41, 5.74) is 2.79. The van der Waals surface area contributed by atoms with Gasteiger partial charge in [-0.3, -0.25) is 15.0 Å². The number of allylic oxidation sites excluding steroid dienone is 2. The van der Waals surface area contributed by atoms with Crippen LogP contribution in [-0.4, -0.2) is 43.0 Å². The molecule has 2 aliphatic heterocycles. The summed E-state index contributed by atoms with van der Waals surface area (Å²) < 4.78 is 9.15. The van der Waals surface area contributed by atoms with E-state index in [4.69, 9.17) is 27.9 Å². The number of phenols is 1. The number of aryl methyl sites for hydroxylation is 1. The van der Waals surface area contributed by atoms with Crippen molar-refractivity contribution in [2.75, 3.05) is 12.5 Å². The molecule has 4 atom stereocenters. The molecule has 11 nitrogen and oxygen atoms in total. The minimum atomic E-state index is -1.58. The molecule has 7 rings (SSSR count). The van der Waals surface area contributed by atoms with Crippen LogP contribution in [0.2, 0.25) is 10.0 Å². The van der Waals surface area contributed by atoms with Crippen LogP contribution in [-0.2, 0) is 28.6 Å². The van der Waals surface area contributed by atoms with Crippen molar-refractivity contribution in [1.29, 1.82) is 0 Å². The fraction of sp³-hybridized carbons (Fsp3) is 0.273. The largest absolute Gasteiger partial charge is 0.507 e. The second-order valence-corrected chi connectivity index (χ2v) is 12.7. The summed E-state index contributed by atoms with van der Waals surface area (Å²) in [7, 11) is 2.94. The van der Waals surface area contributed by atoms with E-state index in [2.05, 4.69) is 5.43 Å². The van der Waals surface area contributed by atoms with E-state index >= 15 is 4.79 Å². The van der Waals surface area contributed by atoms with E-state index in [1.54, 1.807) is 61.5 Å². The maximum absolute atomic E-state index is 15.1. The minimum Gasteiger partial charge on any atom is -0.507 e. The van der Waals surface area contributed by atoms with Gasteiger partial charge in [-0.05, 0) is 60.4 Å². The molecule has 2 N–H and O–H groups in total. The van der Waals surface area contributed by atoms with Crippen molar-refractivity contribution in [2.45, 2.75) is 37.3 Å². The van der Waals surface area contributed by atoms with E-state index in [9.17, 15) is 19.5 Å². The van der Waals surface area contributed by atoms with Crippen molar-refractivity contribution in [3.05, 3.63) is 120 Å². The molecule has 3 aliphatic rings. The third-order valence-electron chi connectivity index (χ3n) is 9.61. The zero-order valence-corrected chi connectivity index (χ0v) is 26.5. The van der Waals surface area contributed by atoms with Gasteiger partial charge in [-0.2, -0.15) is 5.01 Å². The molecular formula is C33H29Cl2N5O6. The number of aromatic nitrogens is 3. The number of benzene rings is 3. The lowest BCUT2D eigenvalue weighted by atomic mass is 9.53. The van der Waals surface area contributed by atoms with Crippen molar-refractivity contribution in [2.24, 2.45) is 13.0 Å². The second kappa shape index (κ2) is 10.7. The number of hydrogen-bond acceptors (Lipinski definition) is 7. The molecule has 2 amide bonds. The number of carbonyl (C=O) groups excluding carboxylic acids is 2. The number of ether oxygens (including phenoxy) is 1. The first-order chi connectivity index (χ1) is 22.0. The summed E-state index contributed by atoms with van der Waals surface area (Å²) in [5.74, 6) is -2.54. The SMILES string of the molecule is COc1ccc([C@@]23C(=O)N(Nc4ccc(Cl)cc4Cl)C(=O)[C@@H]2C[C@@H]2C(=CCn4c(=O)n(C)c(=O)n42)[C@@H]3c2cccc(C)c2O)cc1. The van der Waals surface area contributed by atoms with Crippen LogP contribution >= 0.6 is 23.2 Å². The number of phenolic OH excluding ortho intramolecular Hbond substituents is 1. The topological polar surface area (TPSA) is 128 Å². The first kappa shape index (κ1) is 29.9. The lowest BCUT2D eigenvalue weighted by molar-refractivity contribution is -0.138. The van der Waals surface area contributed by atoms with Crippen LogP contribution in [0.1, 0.15) is 35.1 Å². The molecule has 46 heavy (non-hydrogen) atoms. The molecule has 1 saturated heterocycles. The van der Waals surface area contributed by atoms with Crippen molar-refractivity contribution in [3.8, 4) is 11.5 Å². The van der Waals surface area contributed by atoms with E-state index in [0.717, 1.165) is 9.58 Å². The van der Waals surface area contributed by atoms with E-state index in [-0.39, 0.29) is 29.4 Å². The number of aromatic hydroxyl groups is 1. The Labute approximate surface area is 272 Å². The average Bonchev–Trinajstić information content (AvgIpc) is 3.40. The molecule has 4 aromatic rings. The number of nitrogens with one attached hydrogen (secondary N) is 1. The standard InChI is InChI=1S/C33H29Cl2N5O6/c1-17-5-4-6-22(28(17)41)27-21-13-14-38-31(44)37(2)32(45)40(38)26(21)16-23-29(42)39(36-25-12-9-19(34)15-24(25)35)30(43)33(23,27)18-7-10-20(46-3)11-8-18/h4-13,15,23,26-27,36,41H,14,16H2,1-3H3/t23-,26+,27+,33+/m0/s1. The molecule has 0 radical (unpaired) electrons. The molecule has 0 spiro atoms. The number of para-hydroxylation sites is 1. The lowest BCUT2D eigenvalue weighted by Crippen LogP contribution is -2.53. The van der Waals surface area contributed by atoms with Gasteiger partial charge in [-0.15, -0.1) is 0 Å². The Kier molecular flexibility index (Phi) is 6.95. The highest BCUT2D eigenvalue weighted by Gasteiger charge is 2.69. The highest BCUT2D eigenvalue weighted by molar-refractivity contribution is 6.36. The number of amides is 2. The Hall–Kier alpha value is -4.74. The maximum Gasteiger partial charge on any atom is 0.347 e. The summed E-state index contributed by atoms with van der Waals surface area (Å²) in [6.45, 7) is 1.82. The Balaban J connectivity index is 1.52. The lowest BCUT2D eigenvalue weighted by Gasteiger charge is -2.49. The number of carbonyl (C=O) groups is 2. The predicted molar refractivity (Wildman–Crippen MR) is 171 cm³/mol. The zero-order valence-electron chi connectivity index (χ0n) is 25.0. The van der Waals surface area contributed by atoms with E-state index in [1.807, 2.05) is 6.08 Å². The smallest absolute Gasteiger partial charge is 0.347 e. The summed E-state index contributed by atoms with van der Waals surface area (Å²) in [4.78, 5) is 56.3.